The predicted octanol–water partition coefficient (Wildman–Crippen LogP) is 3.64. The number of rotatable bonds is 5. The van der Waals surface area contributed by atoms with Crippen molar-refractivity contribution in [1.82, 2.24) is 4.90 Å². The van der Waals surface area contributed by atoms with E-state index in [-0.39, 0.29) is 12.0 Å². The Morgan fingerprint density at radius 2 is 1.86 bits per heavy atom. The molecule has 6 heteroatoms. The van der Waals surface area contributed by atoms with Crippen molar-refractivity contribution in [2.45, 2.75) is 25.8 Å². The lowest BCUT2D eigenvalue weighted by Crippen LogP contribution is -2.28. The van der Waals surface area contributed by atoms with Crippen molar-refractivity contribution in [2.24, 2.45) is 5.92 Å². The summed E-state index contributed by atoms with van der Waals surface area (Å²) in [4.78, 5) is 14.7. The van der Waals surface area contributed by atoms with Gasteiger partial charge in [0.2, 0.25) is 0 Å². The van der Waals surface area contributed by atoms with Crippen LogP contribution in [0.4, 0.5) is 0 Å². The second kappa shape index (κ2) is 7.95. The van der Waals surface area contributed by atoms with Crippen LogP contribution in [0.5, 0.6) is 17.2 Å². The summed E-state index contributed by atoms with van der Waals surface area (Å²) in [6, 6.07) is 11.6. The Kier molecular flexibility index (Phi) is 5.37. The van der Waals surface area contributed by atoms with E-state index in [4.69, 9.17) is 14.2 Å². The summed E-state index contributed by atoms with van der Waals surface area (Å²) in [7, 11) is 1.64. The van der Waals surface area contributed by atoms with E-state index in [1.165, 1.54) is 0 Å². The minimum Gasteiger partial charge on any atom is -0.496 e. The normalized spacial score (nSPS) is 23.8. The summed E-state index contributed by atoms with van der Waals surface area (Å²) in [6.07, 6.45) is 0. The van der Waals surface area contributed by atoms with Crippen LogP contribution in [0.1, 0.15) is 35.6 Å². The molecular weight excluding hydrogens is 370 g/mol. The topological polar surface area (TPSA) is 68.2 Å². The molecule has 29 heavy (non-hydrogen) atoms. The van der Waals surface area contributed by atoms with Gasteiger partial charge in [-0.3, -0.25) is 9.69 Å². The molecule has 2 aliphatic heterocycles. The largest absolute Gasteiger partial charge is 0.496 e. The van der Waals surface area contributed by atoms with Crippen molar-refractivity contribution in [3.8, 4) is 17.2 Å². The number of likely N-dealkylation sites (tertiary alicyclic amines) is 1. The van der Waals surface area contributed by atoms with Gasteiger partial charge in [0.05, 0.1) is 13.0 Å². The van der Waals surface area contributed by atoms with Gasteiger partial charge in [0.1, 0.15) is 19.0 Å². The van der Waals surface area contributed by atoms with E-state index >= 15 is 0 Å². The van der Waals surface area contributed by atoms with Crippen LogP contribution in [0.3, 0.4) is 0 Å². The lowest BCUT2D eigenvalue weighted by atomic mass is 9.82. The second-order valence-electron chi connectivity index (χ2n) is 7.64. The number of likely N-dealkylation sites (N-methyl/N-ethyl adjacent to an activating group) is 1. The van der Waals surface area contributed by atoms with Gasteiger partial charge in [0.25, 0.3) is 0 Å². The van der Waals surface area contributed by atoms with E-state index in [1.54, 1.807) is 7.11 Å². The smallest absolute Gasteiger partial charge is 0.309 e. The van der Waals surface area contributed by atoms with Gasteiger partial charge in [-0.15, -0.1) is 0 Å². The van der Waals surface area contributed by atoms with Crippen molar-refractivity contribution >= 4 is 5.97 Å². The number of carboxylic acid groups (broad SMARTS) is 1. The molecule has 0 spiro atoms. The Morgan fingerprint density at radius 1 is 1.14 bits per heavy atom. The molecule has 0 amide bonds. The van der Waals surface area contributed by atoms with Crippen molar-refractivity contribution in [2.75, 3.05) is 33.4 Å². The highest BCUT2D eigenvalue weighted by Crippen LogP contribution is 2.47. The minimum absolute atomic E-state index is 0.138. The third kappa shape index (κ3) is 3.53. The summed E-state index contributed by atoms with van der Waals surface area (Å²) < 4.78 is 16.8. The zero-order chi connectivity index (χ0) is 20.5. The third-order valence-corrected chi connectivity index (χ3v) is 6.06. The Labute approximate surface area is 171 Å². The van der Waals surface area contributed by atoms with Gasteiger partial charge in [-0.25, -0.2) is 0 Å². The zero-order valence-electron chi connectivity index (χ0n) is 17.1. The van der Waals surface area contributed by atoms with Crippen molar-refractivity contribution in [3.05, 3.63) is 53.1 Å². The molecule has 0 aliphatic carbocycles. The monoisotopic (exact) mass is 397 g/mol. The number of hydrogen-bond donors (Lipinski definition) is 1. The summed E-state index contributed by atoms with van der Waals surface area (Å²) in [5, 5.41) is 10.2. The van der Waals surface area contributed by atoms with Crippen LogP contribution >= 0.6 is 0 Å². The number of methoxy groups -OCH3 is 1. The van der Waals surface area contributed by atoms with E-state index < -0.39 is 11.9 Å². The maximum atomic E-state index is 12.4. The fraction of sp³-hybridized carbons (Fsp3) is 0.435. The molecule has 0 saturated carbocycles. The molecule has 2 aromatic rings. The maximum absolute atomic E-state index is 12.4. The molecule has 2 aliphatic rings. The lowest BCUT2D eigenvalue weighted by molar-refractivity contribution is -0.143. The highest BCUT2D eigenvalue weighted by Gasteiger charge is 2.47. The molecule has 0 aromatic heterocycles. The Bertz CT molecular complexity index is 912. The van der Waals surface area contributed by atoms with Gasteiger partial charge >= 0.3 is 5.97 Å². The molecule has 4 rings (SSSR count). The number of benzene rings is 2. The lowest BCUT2D eigenvalue weighted by Gasteiger charge is -2.27. The molecule has 2 unspecified atom stereocenters. The first kappa shape index (κ1) is 19.6. The Morgan fingerprint density at radius 3 is 2.55 bits per heavy atom. The first-order valence-electron chi connectivity index (χ1n) is 10.0. The van der Waals surface area contributed by atoms with Gasteiger partial charge in [-0.1, -0.05) is 25.1 Å². The molecule has 3 atom stereocenters. The van der Waals surface area contributed by atoms with E-state index in [2.05, 4.69) is 11.8 Å². The second-order valence-corrected chi connectivity index (χ2v) is 7.64. The SMILES string of the molecule is CCN1CC(c2ccc3c(c2)OCCO3)[C@@H](C(=O)O)C1c1ccc(C)c(OC)c1. The van der Waals surface area contributed by atoms with E-state index in [0.717, 1.165) is 34.7 Å². The molecule has 0 radical (unpaired) electrons. The van der Waals surface area contributed by atoms with Gasteiger partial charge in [-0.2, -0.15) is 0 Å². The first-order valence-corrected chi connectivity index (χ1v) is 10.0. The van der Waals surface area contributed by atoms with Crippen LogP contribution in [0, 0.1) is 12.8 Å². The summed E-state index contributed by atoms with van der Waals surface area (Å²) in [6.45, 7) is 6.55. The number of aliphatic carboxylic acids is 1. The number of carboxylic acids is 1. The summed E-state index contributed by atoms with van der Waals surface area (Å²) in [5.41, 5.74) is 2.98. The van der Waals surface area contributed by atoms with E-state index in [1.807, 2.05) is 43.3 Å². The standard InChI is InChI=1S/C23H27NO5/c1-4-24-13-17(15-7-8-18-20(11-15)29-10-9-28-18)21(23(25)26)22(24)16-6-5-14(2)19(12-16)27-3/h5-8,11-12,17,21-22H,4,9-10,13H2,1-3H3,(H,25,26)/t17?,21-,22?/m1/s1. The van der Waals surface area contributed by atoms with Crippen LogP contribution in [0.25, 0.3) is 0 Å². The van der Waals surface area contributed by atoms with Gasteiger partial charge in [-0.05, 0) is 48.4 Å². The number of nitrogens with zero attached hydrogens (tertiary/aromatic N) is 1. The molecule has 0 bridgehead atoms. The zero-order valence-corrected chi connectivity index (χ0v) is 17.1. The van der Waals surface area contributed by atoms with Crippen molar-refractivity contribution in [1.29, 1.82) is 0 Å². The number of hydrogen-bond acceptors (Lipinski definition) is 5. The highest BCUT2D eigenvalue weighted by atomic mass is 16.6. The van der Waals surface area contributed by atoms with E-state index in [0.29, 0.717) is 25.5 Å². The average molecular weight is 397 g/mol. The fourth-order valence-corrected chi connectivity index (χ4v) is 4.60. The number of aryl methyl sites for hydroxylation is 1. The highest BCUT2D eigenvalue weighted by molar-refractivity contribution is 5.74. The van der Waals surface area contributed by atoms with Gasteiger partial charge in [0, 0.05) is 18.5 Å². The van der Waals surface area contributed by atoms with Gasteiger partial charge < -0.3 is 19.3 Å². The average Bonchev–Trinajstić information content (AvgIpc) is 3.14. The van der Waals surface area contributed by atoms with Crippen LogP contribution < -0.4 is 14.2 Å². The summed E-state index contributed by atoms with van der Waals surface area (Å²) >= 11 is 0. The maximum Gasteiger partial charge on any atom is 0.309 e. The molecule has 6 nitrogen and oxygen atoms in total. The molecule has 1 fully saturated rings. The quantitative estimate of drug-likeness (QED) is 0.831. The van der Waals surface area contributed by atoms with E-state index in [9.17, 15) is 9.90 Å². The Balaban J connectivity index is 1.74. The molecule has 2 aromatic carbocycles. The summed E-state index contributed by atoms with van der Waals surface area (Å²) in [5.74, 6) is 0.708. The minimum atomic E-state index is -0.787. The molecular formula is C23H27NO5. The molecule has 154 valence electrons. The third-order valence-electron chi connectivity index (χ3n) is 6.06. The van der Waals surface area contributed by atoms with Gasteiger partial charge in [0.15, 0.2) is 11.5 Å². The van der Waals surface area contributed by atoms with Crippen LogP contribution in [-0.4, -0.2) is 49.4 Å². The number of ether oxygens (including phenoxy) is 3. The Hall–Kier alpha value is -2.73. The predicted molar refractivity (Wildman–Crippen MR) is 109 cm³/mol. The fourth-order valence-electron chi connectivity index (χ4n) is 4.60. The molecule has 1 saturated heterocycles. The molecule has 1 N–H and O–H groups in total. The number of carbonyl (C=O) groups is 1. The van der Waals surface area contributed by atoms with Crippen molar-refractivity contribution < 1.29 is 24.1 Å². The van der Waals surface area contributed by atoms with Crippen LogP contribution in [-0.2, 0) is 4.79 Å². The molecule has 2 heterocycles. The first-order chi connectivity index (χ1) is 14.0. The van der Waals surface area contributed by atoms with Crippen LogP contribution in [0.2, 0.25) is 0 Å². The van der Waals surface area contributed by atoms with Crippen molar-refractivity contribution in [3.63, 3.8) is 0 Å². The number of fused-ring (bicyclic) bond motifs is 1. The van der Waals surface area contributed by atoms with Crippen LogP contribution in [0.15, 0.2) is 36.4 Å².